The summed E-state index contributed by atoms with van der Waals surface area (Å²) in [5.41, 5.74) is 0. The molecule has 0 aliphatic heterocycles. The first-order chi connectivity index (χ1) is 2.91. The standard InChI is InChI=1S/C4H9.O.Sn/c1-3-4-2;;/h1,3-4H2,2H3;;. The van der Waals surface area contributed by atoms with Gasteiger partial charge in [0.25, 0.3) is 0 Å². The average molecular weight is 192 g/mol. The summed E-state index contributed by atoms with van der Waals surface area (Å²) in [7, 11) is 0. The summed E-state index contributed by atoms with van der Waals surface area (Å²) in [6.45, 7) is 5.72. The van der Waals surface area contributed by atoms with Gasteiger partial charge in [-0.05, 0) is 0 Å². The van der Waals surface area contributed by atoms with E-state index in [4.69, 9.17) is 3.08 Å². The number of hydrogen-bond acceptors (Lipinski definition) is 1. The second kappa shape index (κ2) is 17.5. The molecule has 0 amide bonds. The SMILES string of the molecule is [CH2]CCC.[O]=[Sn]. The van der Waals surface area contributed by atoms with Crippen LogP contribution < -0.4 is 0 Å². The van der Waals surface area contributed by atoms with Crippen molar-refractivity contribution in [2.75, 3.05) is 0 Å². The number of rotatable bonds is 1. The molecule has 2 heteroatoms. The third-order valence-electron chi connectivity index (χ3n) is 0.354. The summed E-state index contributed by atoms with van der Waals surface area (Å²) < 4.78 is 8.34. The van der Waals surface area contributed by atoms with E-state index in [1.807, 2.05) is 0 Å². The van der Waals surface area contributed by atoms with Gasteiger partial charge in [-0.15, -0.1) is 0 Å². The van der Waals surface area contributed by atoms with Crippen molar-refractivity contribution in [3.05, 3.63) is 6.92 Å². The summed E-state index contributed by atoms with van der Waals surface area (Å²) >= 11 is 0.300. The minimum atomic E-state index is 0.300. The zero-order valence-electron chi connectivity index (χ0n) is 4.03. The molecule has 0 heterocycles. The van der Waals surface area contributed by atoms with Crippen LogP contribution in [0, 0.1) is 6.92 Å². The van der Waals surface area contributed by atoms with E-state index in [9.17, 15) is 0 Å². The van der Waals surface area contributed by atoms with Crippen LogP contribution in [-0.2, 0) is 3.08 Å². The molecule has 0 aromatic heterocycles. The van der Waals surface area contributed by atoms with Crippen LogP contribution in [0.5, 0.6) is 0 Å². The van der Waals surface area contributed by atoms with E-state index < -0.39 is 0 Å². The van der Waals surface area contributed by atoms with E-state index >= 15 is 0 Å². The van der Waals surface area contributed by atoms with Gasteiger partial charge in [0.2, 0.25) is 0 Å². The second-order valence-electron chi connectivity index (χ2n) is 0.854. The van der Waals surface area contributed by atoms with E-state index in [0.29, 0.717) is 22.5 Å². The van der Waals surface area contributed by atoms with Gasteiger partial charge in [0.15, 0.2) is 0 Å². The summed E-state index contributed by atoms with van der Waals surface area (Å²) in [6.07, 6.45) is 2.28. The molecule has 0 saturated heterocycles. The van der Waals surface area contributed by atoms with Gasteiger partial charge in [0, 0.05) is 0 Å². The molecule has 0 aromatic rings. The molecule has 0 fully saturated rings. The van der Waals surface area contributed by atoms with E-state index in [1.54, 1.807) is 0 Å². The van der Waals surface area contributed by atoms with Crippen molar-refractivity contribution in [2.45, 2.75) is 19.8 Å². The fourth-order valence-electron chi connectivity index (χ4n) is 0. The number of unbranched alkanes of at least 4 members (excludes halogenated alkanes) is 1. The van der Waals surface area contributed by atoms with E-state index in [0.717, 1.165) is 6.42 Å². The Hall–Kier alpha value is 0.599. The van der Waals surface area contributed by atoms with Crippen LogP contribution in [0.2, 0.25) is 0 Å². The molecule has 0 unspecified atom stereocenters. The molecule has 35 valence electrons. The first kappa shape index (κ1) is 9.78. The molecule has 0 N–H and O–H groups in total. The Morgan fingerprint density at radius 3 is 1.83 bits per heavy atom. The molecule has 0 aliphatic carbocycles. The maximum absolute atomic E-state index is 8.34. The Morgan fingerprint density at radius 1 is 1.67 bits per heavy atom. The summed E-state index contributed by atoms with van der Waals surface area (Å²) in [6, 6.07) is 0. The van der Waals surface area contributed by atoms with Gasteiger partial charge in [-0.2, -0.15) is 0 Å². The van der Waals surface area contributed by atoms with Crippen LogP contribution in [-0.4, -0.2) is 22.5 Å². The maximum atomic E-state index is 8.34. The topological polar surface area (TPSA) is 17.1 Å². The van der Waals surface area contributed by atoms with Gasteiger partial charge in [-0.1, -0.05) is 26.7 Å². The second-order valence-corrected chi connectivity index (χ2v) is 0.854. The van der Waals surface area contributed by atoms with Crippen molar-refractivity contribution >= 4 is 22.5 Å². The fraction of sp³-hybridized carbons (Fsp3) is 0.750. The van der Waals surface area contributed by atoms with Crippen molar-refractivity contribution in [1.29, 1.82) is 0 Å². The Labute approximate surface area is 52.6 Å². The van der Waals surface area contributed by atoms with Crippen molar-refractivity contribution in [3.63, 3.8) is 0 Å². The molecule has 0 atom stereocenters. The summed E-state index contributed by atoms with van der Waals surface area (Å²) in [4.78, 5) is 0. The Morgan fingerprint density at radius 2 is 1.83 bits per heavy atom. The monoisotopic (exact) mass is 193 g/mol. The molecule has 0 rings (SSSR count). The molecule has 0 aliphatic rings. The van der Waals surface area contributed by atoms with E-state index in [1.165, 1.54) is 6.42 Å². The molecule has 0 bridgehead atoms. The van der Waals surface area contributed by atoms with Crippen LogP contribution in [0.25, 0.3) is 0 Å². The summed E-state index contributed by atoms with van der Waals surface area (Å²) in [5.74, 6) is 0. The predicted molar refractivity (Wildman–Crippen MR) is 26.7 cm³/mol. The van der Waals surface area contributed by atoms with Gasteiger partial charge in [-0.25, -0.2) is 0 Å². The molecule has 0 saturated carbocycles. The fourth-order valence-corrected chi connectivity index (χ4v) is 0. The van der Waals surface area contributed by atoms with Crippen molar-refractivity contribution in [1.82, 2.24) is 0 Å². The molecular formula is C4H9OSn. The van der Waals surface area contributed by atoms with Gasteiger partial charge >= 0.3 is 25.6 Å². The van der Waals surface area contributed by atoms with Crippen molar-refractivity contribution in [2.24, 2.45) is 0 Å². The first-order valence-electron chi connectivity index (χ1n) is 1.91. The third-order valence-corrected chi connectivity index (χ3v) is 0.354. The molecular weight excluding hydrogens is 183 g/mol. The average Bonchev–Trinajstić information content (AvgIpc) is 1.72. The van der Waals surface area contributed by atoms with Gasteiger partial charge in [0.05, 0.1) is 0 Å². The van der Waals surface area contributed by atoms with E-state index in [2.05, 4.69) is 13.8 Å². The molecule has 6 heavy (non-hydrogen) atoms. The van der Waals surface area contributed by atoms with Gasteiger partial charge in [-0.3, -0.25) is 0 Å². The Balaban J connectivity index is 0. The van der Waals surface area contributed by atoms with Crippen molar-refractivity contribution in [3.8, 4) is 0 Å². The Bertz CT molecular complexity index is 15.0. The molecule has 0 spiro atoms. The first-order valence-corrected chi connectivity index (χ1v) is 3.08. The van der Waals surface area contributed by atoms with Crippen LogP contribution in [0.4, 0.5) is 0 Å². The third kappa shape index (κ3) is 23.3. The van der Waals surface area contributed by atoms with Crippen LogP contribution >= 0.6 is 0 Å². The predicted octanol–water partition coefficient (Wildman–Crippen LogP) is 1.12. The Kier molecular flexibility index (Phi) is 28.6. The quantitative estimate of drug-likeness (QED) is 0.568. The molecule has 1 nitrogen and oxygen atoms in total. The zero-order valence-corrected chi connectivity index (χ0v) is 6.88. The molecule has 3 radical (unpaired) electrons. The zero-order chi connectivity index (χ0) is 5.41. The van der Waals surface area contributed by atoms with Gasteiger partial charge in [0.1, 0.15) is 0 Å². The summed E-state index contributed by atoms with van der Waals surface area (Å²) in [5, 5.41) is 0. The van der Waals surface area contributed by atoms with Crippen LogP contribution in [0.3, 0.4) is 0 Å². The minimum absolute atomic E-state index is 0.300. The molecule has 0 aromatic carbocycles. The van der Waals surface area contributed by atoms with Crippen molar-refractivity contribution < 1.29 is 3.08 Å². The van der Waals surface area contributed by atoms with E-state index in [-0.39, 0.29) is 0 Å². The number of hydrogen-bond donors (Lipinski definition) is 0. The van der Waals surface area contributed by atoms with Crippen LogP contribution in [0.1, 0.15) is 19.8 Å². The normalized spacial score (nSPS) is 5.67. The van der Waals surface area contributed by atoms with Crippen LogP contribution in [0.15, 0.2) is 0 Å². The van der Waals surface area contributed by atoms with Gasteiger partial charge < -0.3 is 0 Å².